The van der Waals surface area contributed by atoms with Gasteiger partial charge in [0.05, 0.1) is 16.1 Å². The fourth-order valence-electron chi connectivity index (χ4n) is 2.59. The molecule has 1 aromatic heterocycles. The Morgan fingerprint density at radius 2 is 1.88 bits per heavy atom. The minimum Gasteiger partial charge on any atom is -0.478 e. The third-order valence-corrected chi connectivity index (χ3v) is 5.88. The quantitative estimate of drug-likeness (QED) is 0.863. The third-order valence-electron chi connectivity index (χ3n) is 4.01. The summed E-state index contributed by atoms with van der Waals surface area (Å²) in [5.74, 6) is -1.18. The zero-order valence-corrected chi connectivity index (χ0v) is 14.0. The molecule has 0 amide bonds. The Balaban J connectivity index is 2.04. The number of benzene rings is 1. The summed E-state index contributed by atoms with van der Waals surface area (Å²) in [6.07, 6.45) is 3.18. The number of rotatable bonds is 4. The van der Waals surface area contributed by atoms with E-state index >= 15 is 0 Å². The van der Waals surface area contributed by atoms with Crippen LogP contribution in [-0.2, 0) is 10.0 Å². The van der Waals surface area contributed by atoms with Crippen molar-refractivity contribution in [2.24, 2.45) is 0 Å². The van der Waals surface area contributed by atoms with E-state index in [0.29, 0.717) is 31.9 Å². The number of carbonyl (C=O) groups is 1. The smallest absolute Gasteiger partial charge is 0.335 e. The highest BCUT2D eigenvalue weighted by molar-refractivity contribution is 7.89. The highest BCUT2D eigenvalue weighted by Crippen LogP contribution is 2.22. The normalized spacial score (nSPS) is 17.0. The maximum atomic E-state index is 12.9. The average molecular weight is 350 g/mol. The summed E-state index contributed by atoms with van der Waals surface area (Å²) >= 11 is 0. The van der Waals surface area contributed by atoms with Crippen LogP contribution in [0.3, 0.4) is 0 Å². The summed E-state index contributed by atoms with van der Waals surface area (Å²) in [7, 11) is -1.82. The van der Waals surface area contributed by atoms with Gasteiger partial charge in [0, 0.05) is 38.6 Å². The average Bonchev–Trinajstić information content (AvgIpc) is 3.09. The van der Waals surface area contributed by atoms with Crippen LogP contribution in [0.4, 0.5) is 0 Å². The molecule has 1 saturated heterocycles. The molecule has 0 saturated carbocycles. The fourth-order valence-corrected chi connectivity index (χ4v) is 4.07. The molecule has 1 fully saturated rings. The van der Waals surface area contributed by atoms with Crippen LogP contribution in [-0.4, -0.2) is 71.7 Å². The van der Waals surface area contributed by atoms with Crippen LogP contribution < -0.4 is 0 Å². The number of hydrogen-bond donors (Lipinski definition) is 1. The van der Waals surface area contributed by atoms with Crippen LogP contribution in [0.1, 0.15) is 10.4 Å². The third kappa shape index (κ3) is 3.18. The summed E-state index contributed by atoms with van der Waals surface area (Å²) in [5.41, 5.74) is 0.309. The Morgan fingerprint density at radius 3 is 2.46 bits per heavy atom. The van der Waals surface area contributed by atoms with Gasteiger partial charge in [0.2, 0.25) is 10.0 Å². The molecular formula is C15H18N4O4S. The molecule has 2 aromatic rings. The number of carboxylic acid groups (broad SMARTS) is 1. The molecule has 1 aliphatic heterocycles. The predicted octanol–water partition coefficient (Wildman–Crippen LogP) is 0.507. The van der Waals surface area contributed by atoms with Crippen LogP contribution in [0.15, 0.2) is 41.6 Å². The van der Waals surface area contributed by atoms with Gasteiger partial charge in [-0.15, -0.1) is 0 Å². The van der Waals surface area contributed by atoms with Crippen molar-refractivity contribution in [2.75, 3.05) is 33.2 Å². The van der Waals surface area contributed by atoms with Crippen molar-refractivity contribution in [3.63, 3.8) is 0 Å². The number of piperazine rings is 1. The molecule has 3 rings (SSSR count). The van der Waals surface area contributed by atoms with E-state index in [1.54, 1.807) is 18.5 Å². The monoisotopic (exact) mass is 350 g/mol. The Kier molecular flexibility index (Phi) is 4.39. The lowest BCUT2D eigenvalue weighted by molar-refractivity contribution is 0.0696. The number of carboxylic acids is 1. The second-order valence-corrected chi connectivity index (χ2v) is 7.62. The van der Waals surface area contributed by atoms with E-state index in [9.17, 15) is 18.3 Å². The minimum absolute atomic E-state index is 0.0301. The maximum absolute atomic E-state index is 12.9. The van der Waals surface area contributed by atoms with Crippen molar-refractivity contribution < 1.29 is 18.3 Å². The van der Waals surface area contributed by atoms with Gasteiger partial charge in [0.1, 0.15) is 0 Å². The molecule has 0 bridgehead atoms. The molecule has 24 heavy (non-hydrogen) atoms. The topological polar surface area (TPSA) is 95.7 Å². The van der Waals surface area contributed by atoms with Gasteiger partial charge in [-0.2, -0.15) is 9.40 Å². The Morgan fingerprint density at radius 1 is 1.17 bits per heavy atom. The summed E-state index contributed by atoms with van der Waals surface area (Å²) in [6, 6.07) is 5.73. The first-order chi connectivity index (χ1) is 11.4. The van der Waals surface area contributed by atoms with Gasteiger partial charge in [-0.1, -0.05) is 0 Å². The molecule has 8 nitrogen and oxygen atoms in total. The van der Waals surface area contributed by atoms with Gasteiger partial charge in [-0.05, 0) is 31.3 Å². The van der Waals surface area contributed by atoms with E-state index in [0.717, 1.165) is 0 Å². The van der Waals surface area contributed by atoms with E-state index in [4.69, 9.17) is 0 Å². The first kappa shape index (κ1) is 16.6. The van der Waals surface area contributed by atoms with Crippen molar-refractivity contribution in [2.45, 2.75) is 4.90 Å². The zero-order valence-electron chi connectivity index (χ0n) is 13.2. The highest BCUT2D eigenvalue weighted by atomic mass is 32.2. The molecule has 0 spiro atoms. The van der Waals surface area contributed by atoms with Crippen LogP contribution in [0, 0.1) is 0 Å². The zero-order chi connectivity index (χ0) is 17.3. The first-order valence-electron chi connectivity index (χ1n) is 7.45. The second kappa shape index (κ2) is 6.34. The van der Waals surface area contributed by atoms with Crippen molar-refractivity contribution in [1.29, 1.82) is 0 Å². The number of sulfonamides is 1. The number of nitrogens with zero attached hydrogens (tertiary/aromatic N) is 4. The molecule has 128 valence electrons. The van der Waals surface area contributed by atoms with Gasteiger partial charge in [-0.3, -0.25) is 0 Å². The molecular weight excluding hydrogens is 332 g/mol. The standard InChI is InChI=1S/C15H18N4O4S/c1-17-5-7-18(8-6-17)24(22,23)14-10-12(15(20)21)9-13(11-14)19-4-2-3-16-19/h2-4,9-11H,5-8H2,1H3,(H,20,21). The minimum atomic E-state index is -3.75. The van der Waals surface area contributed by atoms with Crippen molar-refractivity contribution in [3.05, 3.63) is 42.2 Å². The van der Waals surface area contributed by atoms with Crippen LogP contribution >= 0.6 is 0 Å². The van der Waals surface area contributed by atoms with Crippen molar-refractivity contribution >= 4 is 16.0 Å². The molecule has 0 atom stereocenters. The SMILES string of the molecule is CN1CCN(S(=O)(=O)c2cc(C(=O)O)cc(-n3cccn3)c2)CC1. The molecule has 2 heterocycles. The largest absolute Gasteiger partial charge is 0.478 e. The first-order valence-corrected chi connectivity index (χ1v) is 8.89. The van der Waals surface area contributed by atoms with E-state index in [2.05, 4.69) is 10.00 Å². The molecule has 9 heteroatoms. The Hall–Kier alpha value is -2.23. The molecule has 1 N–H and O–H groups in total. The second-order valence-electron chi connectivity index (χ2n) is 5.68. The van der Waals surface area contributed by atoms with Gasteiger partial charge in [0.15, 0.2) is 0 Å². The Bertz CT molecular complexity index is 840. The Labute approximate surface area is 140 Å². The molecule has 0 unspecified atom stereocenters. The summed E-state index contributed by atoms with van der Waals surface area (Å²) in [6.45, 7) is 2.05. The van der Waals surface area contributed by atoms with Crippen LogP contribution in [0.25, 0.3) is 5.69 Å². The van der Waals surface area contributed by atoms with E-state index in [1.807, 2.05) is 7.05 Å². The van der Waals surface area contributed by atoms with Crippen LogP contribution in [0.5, 0.6) is 0 Å². The molecule has 0 radical (unpaired) electrons. The lowest BCUT2D eigenvalue weighted by Crippen LogP contribution is -2.47. The summed E-state index contributed by atoms with van der Waals surface area (Å²) < 4.78 is 28.6. The number of aromatic nitrogens is 2. The van der Waals surface area contributed by atoms with E-state index in [1.165, 1.54) is 27.2 Å². The van der Waals surface area contributed by atoms with E-state index < -0.39 is 16.0 Å². The van der Waals surface area contributed by atoms with Crippen molar-refractivity contribution in [1.82, 2.24) is 19.0 Å². The lowest BCUT2D eigenvalue weighted by Gasteiger charge is -2.31. The molecule has 1 aromatic carbocycles. The number of aromatic carboxylic acids is 1. The summed E-state index contributed by atoms with van der Waals surface area (Å²) in [4.78, 5) is 13.4. The maximum Gasteiger partial charge on any atom is 0.335 e. The molecule has 1 aliphatic rings. The van der Waals surface area contributed by atoms with Crippen molar-refractivity contribution in [3.8, 4) is 5.69 Å². The number of likely N-dealkylation sites (N-methyl/N-ethyl adjacent to an activating group) is 1. The predicted molar refractivity (Wildman–Crippen MR) is 86.8 cm³/mol. The van der Waals surface area contributed by atoms with Crippen LogP contribution in [0.2, 0.25) is 0 Å². The van der Waals surface area contributed by atoms with Gasteiger partial charge in [-0.25, -0.2) is 17.9 Å². The van der Waals surface area contributed by atoms with Gasteiger partial charge >= 0.3 is 5.97 Å². The number of hydrogen-bond acceptors (Lipinski definition) is 5. The highest BCUT2D eigenvalue weighted by Gasteiger charge is 2.28. The lowest BCUT2D eigenvalue weighted by atomic mass is 10.2. The van der Waals surface area contributed by atoms with E-state index in [-0.39, 0.29) is 10.5 Å². The van der Waals surface area contributed by atoms with Gasteiger partial charge in [0.25, 0.3) is 0 Å². The summed E-state index contributed by atoms with van der Waals surface area (Å²) in [5, 5.41) is 13.3. The molecule has 0 aliphatic carbocycles. The van der Waals surface area contributed by atoms with Gasteiger partial charge < -0.3 is 10.0 Å². The fraction of sp³-hybridized carbons (Fsp3) is 0.333.